The molecule has 0 saturated heterocycles. The highest BCUT2D eigenvalue weighted by Crippen LogP contribution is 2.27. The van der Waals surface area contributed by atoms with E-state index in [1.165, 1.54) is 36.0 Å². The molecule has 1 aromatic carbocycles. The molecule has 2 aromatic heterocycles. The van der Waals surface area contributed by atoms with Gasteiger partial charge in [-0.1, -0.05) is 11.8 Å². The van der Waals surface area contributed by atoms with E-state index >= 15 is 0 Å². The number of carbonyl (C=O) groups excluding carboxylic acids is 1. The van der Waals surface area contributed by atoms with Gasteiger partial charge in [-0.05, 0) is 32.0 Å². The maximum atomic E-state index is 12.2. The lowest BCUT2D eigenvalue weighted by molar-refractivity contribution is -0.384. The minimum atomic E-state index is -0.488. The number of non-ortho nitro benzene ring substituents is 1. The van der Waals surface area contributed by atoms with Crippen molar-refractivity contribution >= 4 is 29.0 Å². The Morgan fingerprint density at radius 3 is 2.63 bits per heavy atom. The molecule has 27 heavy (non-hydrogen) atoms. The number of thioether (sulfide) groups is 1. The number of nitrogens with one attached hydrogen (secondary N) is 1. The summed E-state index contributed by atoms with van der Waals surface area (Å²) in [6, 6.07) is 7.51. The summed E-state index contributed by atoms with van der Waals surface area (Å²) in [4.78, 5) is 22.3. The van der Waals surface area contributed by atoms with Gasteiger partial charge in [-0.3, -0.25) is 14.9 Å². The summed E-state index contributed by atoms with van der Waals surface area (Å²) in [5.74, 6) is 1.35. The van der Waals surface area contributed by atoms with Crippen LogP contribution in [0.5, 0.6) is 0 Å². The van der Waals surface area contributed by atoms with E-state index in [1.807, 2.05) is 24.5 Å². The molecule has 0 saturated carbocycles. The van der Waals surface area contributed by atoms with E-state index in [2.05, 4.69) is 15.5 Å². The molecule has 2 heterocycles. The van der Waals surface area contributed by atoms with Crippen LogP contribution in [0, 0.1) is 17.0 Å². The van der Waals surface area contributed by atoms with Gasteiger partial charge in [-0.15, -0.1) is 10.2 Å². The summed E-state index contributed by atoms with van der Waals surface area (Å²) in [5, 5.41) is 22.4. The number of hydrogen-bond donors (Lipinski definition) is 1. The van der Waals surface area contributed by atoms with Crippen molar-refractivity contribution in [2.75, 3.05) is 11.1 Å². The van der Waals surface area contributed by atoms with Crippen molar-refractivity contribution in [2.45, 2.75) is 25.5 Å². The highest BCUT2D eigenvalue weighted by Gasteiger charge is 2.17. The van der Waals surface area contributed by atoms with Crippen molar-refractivity contribution in [3.63, 3.8) is 0 Å². The number of aromatic nitrogens is 3. The number of amides is 1. The first kappa shape index (κ1) is 18.6. The second kappa shape index (κ2) is 8.04. The first-order valence-corrected chi connectivity index (χ1v) is 9.13. The Hall–Kier alpha value is -3.14. The van der Waals surface area contributed by atoms with Crippen molar-refractivity contribution in [3.8, 4) is 11.4 Å². The molecule has 0 radical (unpaired) electrons. The van der Waals surface area contributed by atoms with Gasteiger partial charge in [0, 0.05) is 24.4 Å². The van der Waals surface area contributed by atoms with E-state index in [9.17, 15) is 14.9 Å². The third-order valence-electron chi connectivity index (χ3n) is 3.83. The average Bonchev–Trinajstić information content (AvgIpc) is 3.25. The number of benzene rings is 1. The van der Waals surface area contributed by atoms with Gasteiger partial charge in [-0.25, -0.2) is 0 Å². The lowest BCUT2D eigenvalue weighted by Crippen LogP contribution is -2.14. The molecule has 0 atom stereocenters. The molecule has 1 amide bonds. The molecular formula is C17H17N5O4S. The number of anilines is 1. The standard InChI is InChI=1S/C17H17N5O4S/c1-3-21-16(14-8-9-26-11(14)2)19-20-17(21)27-10-15(23)18-12-4-6-13(7-5-12)22(24)25/h4-9H,3,10H2,1-2H3,(H,18,23). The molecule has 1 N–H and O–H groups in total. The van der Waals surface area contributed by atoms with Crippen LogP contribution in [0.4, 0.5) is 11.4 Å². The molecule has 0 aliphatic heterocycles. The Kier molecular flexibility index (Phi) is 5.55. The fraction of sp³-hybridized carbons (Fsp3) is 0.235. The quantitative estimate of drug-likeness (QED) is 0.374. The van der Waals surface area contributed by atoms with Crippen LogP contribution in [0.15, 0.2) is 46.2 Å². The molecule has 3 rings (SSSR count). The summed E-state index contributed by atoms with van der Waals surface area (Å²) in [6.45, 7) is 4.48. The molecule has 9 nitrogen and oxygen atoms in total. The van der Waals surface area contributed by atoms with Crippen LogP contribution in [-0.2, 0) is 11.3 Å². The van der Waals surface area contributed by atoms with Gasteiger partial charge in [-0.2, -0.15) is 0 Å². The number of nitrogens with zero attached hydrogens (tertiary/aromatic N) is 4. The second-order valence-corrected chi connectivity index (χ2v) is 6.52. The smallest absolute Gasteiger partial charge is 0.269 e. The van der Waals surface area contributed by atoms with Gasteiger partial charge >= 0.3 is 0 Å². The van der Waals surface area contributed by atoms with E-state index in [1.54, 1.807) is 6.26 Å². The van der Waals surface area contributed by atoms with Gasteiger partial charge in [0.25, 0.3) is 5.69 Å². The Labute approximate surface area is 158 Å². The predicted octanol–water partition coefficient (Wildman–Crippen LogP) is 3.51. The molecule has 0 unspecified atom stereocenters. The topological polar surface area (TPSA) is 116 Å². The van der Waals surface area contributed by atoms with Crippen LogP contribution in [0.25, 0.3) is 11.4 Å². The van der Waals surface area contributed by atoms with Crippen LogP contribution in [0.3, 0.4) is 0 Å². The maximum Gasteiger partial charge on any atom is 0.269 e. The zero-order valence-electron chi connectivity index (χ0n) is 14.7. The van der Waals surface area contributed by atoms with E-state index in [0.29, 0.717) is 23.2 Å². The number of carbonyl (C=O) groups is 1. The van der Waals surface area contributed by atoms with E-state index in [0.717, 1.165) is 11.3 Å². The van der Waals surface area contributed by atoms with E-state index in [4.69, 9.17) is 4.42 Å². The molecule has 0 aliphatic rings. The van der Waals surface area contributed by atoms with Crippen molar-refractivity contribution in [3.05, 3.63) is 52.5 Å². The van der Waals surface area contributed by atoms with Crippen LogP contribution in [0.2, 0.25) is 0 Å². The fourth-order valence-corrected chi connectivity index (χ4v) is 3.29. The number of rotatable bonds is 7. The highest BCUT2D eigenvalue weighted by atomic mass is 32.2. The van der Waals surface area contributed by atoms with Crippen LogP contribution >= 0.6 is 11.8 Å². The molecular weight excluding hydrogens is 370 g/mol. The largest absolute Gasteiger partial charge is 0.469 e. The number of hydrogen-bond acceptors (Lipinski definition) is 7. The minimum absolute atomic E-state index is 0.0273. The Bertz CT molecular complexity index is 964. The van der Waals surface area contributed by atoms with Gasteiger partial charge < -0.3 is 14.3 Å². The lowest BCUT2D eigenvalue weighted by Gasteiger charge is -2.07. The average molecular weight is 387 g/mol. The molecule has 0 bridgehead atoms. The molecule has 10 heteroatoms. The van der Waals surface area contributed by atoms with Crippen molar-refractivity contribution in [2.24, 2.45) is 0 Å². The summed E-state index contributed by atoms with van der Waals surface area (Å²) in [7, 11) is 0. The zero-order valence-corrected chi connectivity index (χ0v) is 15.5. The summed E-state index contributed by atoms with van der Waals surface area (Å²) >= 11 is 1.27. The fourth-order valence-electron chi connectivity index (χ4n) is 2.49. The SMILES string of the molecule is CCn1c(SCC(=O)Nc2ccc([N+](=O)[O-])cc2)nnc1-c1ccoc1C. The van der Waals surface area contributed by atoms with Gasteiger partial charge in [0.15, 0.2) is 11.0 Å². The Morgan fingerprint density at radius 2 is 2.04 bits per heavy atom. The van der Waals surface area contributed by atoms with Crippen molar-refractivity contribution < 1.29 is 14.1 Å². The van der Waals surface area contributed by atoms with Gasteiger partial charge in [0.2, 0.25) is 5.91 Å². The Balaban J connectivity index is 1.64. The third-order valence-corrected chi connectivity index (χ3v) is 4.79. The highest BCUT2D eigenvalue weighted by molar-refractivity contribution is 7.99. The maximum absolute atomic E-state index is 12.2. The molecule has 0 spiro atoms. The van der Waals surface area contributed by atoms with Crippen LogP contribution < -0.4 is 5.32 Å². The zero-order chi connectivity index (χ0) is 19.4. The van der Waals surface area contributed by atoms with Crippen LogP contribution in [-0.4, -0.2) is 31.3 Å². The first-order valence-electron chi connectivity index (χ1n) is 8.14. The number of nitro groups is 1. The third kappa shape index (κ3) is 4.17. The monoisotopic (exact) mass is 387 g/mol. The lowest BCUT2D eigenvalue weighted by atomic mass is 10.2. The molecule has 3 aromatic rings. The number of furan rings is 1. The normalized spacial score (nSPS) is 10.7. The summed E-state index contributed by atoms with van der Waals surface area (Å²) in [6.07, 6.45) is 1.60. The van der Waals surface area contributed by atoms with E-state index in [-0.39, 0.29) is 17.3 Å². The molecule has 0 aliphatic carbocycles. The van der Waals surface area contributed by atoms with Crippen molar-refractivity contribution in [1.82, 2.24) is 14.8 Å². The first-order chi connectivity index (χ1) is 13.0. The van der Waals surface area contributed by atoms with Gasteiger partial charge in [0.05, 0.1) is 22.5 Å². The van der Waals surface area contributed by atoms with Crippen molar-refractivity contribution in [1.29, 1.82) is 0 Å². The second-order valence-electron chi connectivity index (χ2n) is 5.58. The predicted molar refractivity (Wildman–Crippen MR) is 101 cm³/mol. The minimum Gasteiger partial charge on any atom is -0.469 e. The Morgan fingerprint density at radius 1 is 1.30 bits per heavy atom. The summed E-state index contributed by atoms with van der Waals surface area (Å²) < 4.78 is 7.24. The number of aryl methyl sites for hydroxylation is 1. The van der Waals surface area contributed by atoms with Gasteiger partial charge in [0.1, 0.15) is 5.76 Å². The van der Waals surface area contributed by atoms with E-state index < -0.39 is 4.92 Å². The van der Waals surface area contributed by atoms with Crippen LogP contribution in [0.1, 0.15) is 12.7 Å². The molecule has 0 fully saturated rings. The number of nitro benzene ring substituents is 1. The molecule has 140 valence electrons. The summed E-state index contributed by atoms with van der Waals surface area (Å²) in [5.41, 5.74) is 1.34.